The molecule has 2 amide bonds. The van der Waals surface area contributed by atoms with Crippen molar-refractivity contribution in [2.75, 3.05) is 6.61 Å². The number of hydrogen-bond donors (Lipinski definition) is 2. The molecule has 0 aliphatic heterocycles. The Labute approximate surface area is 231 Å². The van der Waals surface area contributed by atoms with Gasteiger partial charge in [-0.3, -0.25) is 9.59 Å². The summed E-state index contributed by atoms with van der Waals surface area (Å²) in [5.41, 5.74) is 3.24. The number of amides is 2. The van der Waals surface area contributed by atoms with Crippen molar-refractivity contribution in [3.05, 3.63) is 56.5 Å². The van der Waals surface area contributed by atoms with Gasteiger partial charge in [-0.25, -0.2) is 5.43 Å². The molecule has 2 N–H and O–H groups in total. The Bertz CT molecular complexity index is 1070. The molecule has 36 heavy (non-hydrogen) atoms. The molecule has 2 rings (SSSR count). The zero-order valence-electron chi connectivity index (χ0n) is 20.8. The van der Waals surface area contributed by atoms with Crippen LogP contribution in [0.2, 0.25) is 10.0 Å². The number of unbranched alkanes of at least 4 members (excludes halogenated alkanes) is 1. The first-order valence-electron chi connectivity index (χ1n) is 11.8. The maximum absolute atomic E-state index is 12.9. The molecule has 2 aromatic carbocycles. The Morgan fingerprint density at radius 3 is 2.47 bits per heavy atom. The molecular weight excluding hydrogens is 569 g/mol. The van der Waals surface area contributed by atoms with E-state index in [1.54, 1.807) is 19.1 Å². The van der Waals surface area contributed by atoms with Crippen LogP contribution in [0, 0.1) is 5.92 Å². The van der Waals surface area contributed by atoms with Gasteiger partial charge >= 0.3 is 0 Å². The van der Waals surface area contributed by atoms with Crippen molar-refractivity contribution in [3.8, 4) is 11.5 Å². The summed E-state index contributed by atoms with van der Waals surface area (Å²) >= 11 is 15.5. The van der Waals surface area contributed by atoms with Crippen molar-refractivity contribution in [1.82, 2.24) is 10.7 Å². The first-order valence-corrected chi connectivity index (χ1v) is 13.3. The largest absolute Gasteiger partial charge is 0.493 e. The standard InChI is InChI=1S/C26H32BrCl2N3O4/c1-5-6-11-35-23-9-7-19(27)13-18(23)15-30-32-26(34)22(12-16(2)3)31-25(33)17(4)36-24-10-8-20(28)14-21(24)29/h7-10,13-17,22H,5-6,11-12H2,1-4H3,(H,31,33)(H,32,34)/b30-15-/t17-,22-/m0/s1. The highest BCUT2D eigenvalue weighted by atomic mass is 79.9. The monoisotopic (exact) mass is 599 g/mol. The van der Waals surface area contributed by atoms with Crippen LogP contribution in [0.4, 0.5) is 0 Å². The number of halogens is 3. The lowest BCUT2D eigenvalue weighted by Crippen LogP contribution is -2.49. The molecule has 10 heteroatoms. The molecule has 0 aromatic heterocycles. The van der Waals surface area contributed by atoms with Crippen molar-refractivity contribution in [1.29, 1.82) is 0 Å². The maximum atomic E-state index is 12.9. The van der Waals surface area contributed by atoms with Crippen LogP contribution in [-0.2, 0) is 9.59 Å². The topological polar surface area (TPSA) is 89.0 Å². The molecule has 0 bridgehead atoms. The quantitative estimate of drug-likeness (QED) is 0.158. The second-order valence-corrected chi connectivity index (χ2v) is 10.4. The number of benzene rings is 2. The third kappa shape index (κ3) is 9.99. The first kappa shape index (κ1) is 29.9. The molecule has 2 atom stereocenters. The van der Waals surface area contributed by atoms with E-state index in [-0.39, 0.29) is 5.92 Å². The van der Waals surface area contributed by atoms with Gasteiger partial charge in [0, 0.05) is 15.1 Å². The predicted molar refractivity (Wildman–Crippen MR) is 148 cm³/mol. The van der Waals surface area contributed by atoms with Gasteiger partial charge in [-0.1, -0.05) is 66.3 Å². The minimum Gasteiger partial charge on any atom is -0.493 e. The van der Waals surface area contributed by atoms with Gasteiger partial charge in [-0.05, 0) is 62.1 Å². The highest BCUT2D eigenvalue weighted by Crippen LogP contribution is 2.28. The Morgan fingerprint density at radius 2 is 1.81 bits per heavy atom. The van der Waals surface area contributed by atoms with Gasteiger partial charge in [0.25, 0.3) is 11.8 Å². The highest BCUT2D eigenvalue weighted by Gasteiger charge is 2.25. The van der Waals surface area contributed by atoms with E-state index >= 15 is 0 Å². The molecule has 0 radical (unpaired) electrons. The van der Waals surface area contributed by atoms with E-state index in [1.165, 1.54) is 12.3 Å². The van der Waals surface area contributed by atoms with Crippen LogP contribution in [0.3, 0.4) is 0 Å². The van der Waals surface area contributed by atoms with Crippen molar-refractivity contribution >= 4 is 57.2 Å². The van der Waals surface area contributed by atoms with Crippen molar-refractivity contribution < 1.29 is 19.1 Å². The van der Waals surface area contributed by atoms with Crippen LogP contribution in [-0.4, -0.2) is 36.8 Å². The average Bonchev–Trinajstić information content (AvgIpc) is 2.81. The van der Waals surface area contributed by atoms with Crippen LogP contribution in [0.25, 0.3) is 0 Å². The van der Waals surface area contributed by atoms with E-state index in [4.69, 9.17) is 32.7 Å². The Kier molecular flexibility index (Phi) is 12.5. The lowest BCUT2D eigenvalue weighted by atomic mass is 10.0. The minimum absolute atomic E-state index is 0.149. The number of carbonyl (C=O) groups is 2. The number of carbonyl (C=O) groups excluding carboxylic acids is 2. The highest BCUT2D eigenvalue weighted by molar-refractivity contribution is 9.10. The van der Waals surface area contributed by atoms with Crippen molar-refractivity contribution in [2.45, 2.75) is 59.1 Å². The van der Waals surface area contributed by atoms with Crippen LogP contribution < -0.4 is 20.2 Å². The maximum Gasteiger partial charge on any atom is 0.262 e. The third-order valence-corrected chi connectivity index (χ3v) is 6.04. The van der Waals surface area contributed by atoms with E-state index < -0.39 is 24.0 Å². The van der Waals surface area contributed by atoms with E-state index in [2.05, 4.69) is 38.7 Å². The first-order chi connectivity index (χ1) is 17.1. The fraction of sp³-hybridized carbons (Fsp3) is 0.423. The van der Waals surface area contributed by atoms with Crippen LogP contribution in [0.5, 0.6) is 11.5 Å². The van der Waals surface area contributed by atoms with Gasteiger partial charge in [-0.2, -0.15) is 5.10 Å². The molecule has 196 valence electrons. The number of ether oxygens (including phenoxy) is 2. The molecule has 0 aliphatic carbocycles. The van der Waals surface area contributed by atoms with Gasteiger partial charge in [0.15, 0.2) is 6.10 Å². The number of rotatable bonds is 13. The van der Waals surface area contributed by atoms with E-state index in [0.717, 1.165) is 17.3 Å². The molecule has 0 aliphatic rings. The SMILES string of the molecule is CCCCOc1ccc(Br)cc1/C=N\NC(=O)[C@H](CC(C)C)NC(=O)[C@H](C)Oc1ccc(Cl)cc1Cl. The van der Waals surface area contributed by atoms with Gasteiger partial charge in [0.2, 0.25) is 0 Å². The van der Waals surface area contributed by atoms with Gasteiger partial charge in [0.05, 0.1) is 17.8 Å². The molecule has 0 saturated carbocycles. The normalized spacial score (nSPS) is 12.9. The molecule has 0 saturated heterocycles. The number of hydrazone groups is 1. The number of hydrogen-bond acceptors (Lipinski definition) is 5. The fourth-order valence-corrected chi connectivity index (χ4v) is 3.96. The third-order valence-electron chi connectivity index (χ3n) is 5.01. The van der Waals surface area contributed by atoms with Crippen LogP contribution in [0.1, 0.15) is 52.5 Å². The second-order valence-electron chi connectivity index (χ2n) is 8.64. The minimum atomic E-state index is -0.890. The molecule has 7 nitrogen and oxygen atoms in total. The van der Waals surface area contributed by atoms with Crippen molar-refractivity contribution in [3.63, 3.8) is 0 Å². The zero-order chi connectivity index (χ0) is 26.7. The lowest BCUT2D eigenvalue weighted by molar-refractivity contribution is -0.132. The lowest BCUT2D eigenvalue weighted by Gasteiger charge is -2.22. The summed E-state index contributed by atoms with van der Waals surface area (Å²) in [6.07, 6.45) is 3.01. The molecule has 0 heterocycles. The zero-order valence-corrected chi connectivity index (χ0v) is 23.9. The second kappa shape index (κ2) is 15.1. The fourth-order valence-electron chi connectivity index (χ4n) is 3.13. The Morgan fingerprint density at radius 1 is 1.08 bits per heavy atom. The molecule has 0 fully saturated rings. The summed E-state index contributed by atoms with van der Waals surface area (Å²) in [6, 6.07) is 9.51. The summed E-state index contributed by atoms with van der Waals surface area (Å²) in [7, 11) is 0. The molecule has 0 spiro atoms. The summed E-state index contributed by atoms with van der Waals surface area (Å²) < 4.78 is 12.3. The summed E-state index contributed by atoms with van der Waals surface area (Å²) in [5, 5.41) is 7.60. The molecule has 2 aromatic rings. The van der Waals surface area contributed by atoms with Gasteiger partial charge in [-0.15, -0.1) is 0 Å². The van der Waals surface area contributed by atoms with E-state index in [0.29, 0.717) is 40.1 Å². The number of nitrogens with one attached hydrogen (secondary N) is 2. The predicted octanol–water partition coefficient (Wildman–Crippen LogP) is 6.38. The molecule has 0 unspecified atom stereocenters. The van der Waals surface area contributed by atoms with Crippen LogP contribution in [0.15, 0.2) is 46.0 Å². The summed E-state index contributed by atoms with van der Waals surface area (Å²) in [5.74, 6) is 0.251. The van der Waals surface area contributed by atoms with Crippen LogP contribution >= 0.6 is 39.1 Å². The summed E-state index contributed by atoms with van der Waals surface area (Å²) in [4.78, 5) is 25.7. The van der Waals surface area contributed by atoms with Gasteiger partial charge in [0.1, 0.15) is 17.5 Å². The average molecular weight is 601 g/mol. The Balaban J connectivity index is 2.04. The smallest absolute Gasteiger partial charge is 0.262 e. The molecular formula is C26H32BrCl2N3O4. The van der Waals surface area contributed by atoms with Crippen molar-refractivity contribution in [2.24, 2.45) is 11.0 Å². The Hall–Kier alpha value is -2.29. The number of nitrogens with zero attached hydrogens (tertiary/aromatic N) is 1. The van der Waals surface area contributed by atoms with E-state index in [9.17, 15) is 9.59 Å². The van der Waals surface area contributed by atoms with Gasteiger partial charge < -0.3 is 14.8 Å². The van der Waals surface area contributed by atoms with E-state index in [1.807, 2.05) is 32.0 Å². The summed E-state index contributed by atoms with van der Waals surface area (Å²) in [6.45, 7) is 8.19.